The van der Waals surface area contributed by atoms with Gasteiger partial charge in [0.1, 0.15) is 0 Å². The molecule has 1 heterocycles. The van der Waals surface area contributed by atoms with Crippen LogP contribution in [0.3, 0.4) is 0 Å². The molecule has 2 aromatic rings. The molecular weight excluding hydrogens is 951 g/mol. The molecule has 0 atom stereocenters. The molecule has 0 bridgehead atoms. The van der Waals surface area contributed by atoms with E-state index in [1.807, 2.05) is 0 Å². The van der Waals surface area contributed by atoms with E-state index in [9.17, 15) is 5.53 Å². The maximum Gasteiger partial charge on any atom is 2.00 e. The molecule has 410 valence electrons. The van der Waals surface area contributed by atoms with Gasteiger partial charge < -0.3 is 20.4 Å². The van der Waals surface area contributed by atoms with Crippen molar-refractivity contribution in [2.24, 2.45) is 0 Å². The molecule has 3 rings (SSSR count). The number of nitrogens with zero attached hydrogens (tertiary/aromatic N) is 2. The average Bonchev–Trinajstić information content (AvgIpc) is 3.62. The molecule has 1 aliphatic rings. The van der Waals surface area contributed by atoms with Gasteiger partial charge in [0.2, 0.25) is 11.4 Å². The van der Waals surface area contributed by atoms with Crippen molar-refractivity contribution < 1.29 is 25.1 Å². The van der Waals surface area contributed by atoms with Crippen LogP contribution in [0.1, 0.15) is 331 Å². The molecule has 0 N–H and O–H groups in total. The van der Waals surface area contributed by atoms with Gasteiger partial charge in [-0.1, -0.05) is 222 Å². The summed E-state index contributed by atoms with van der Waals surface area (Å²) < 4.78 is 1.80. The molecule has 0 amide bonds. The van der Waals surface area contributed by atoms with Gasteiger partial charge in [-0.2, -0.15) is 0 Å². The Bertz CT molecular complexity index is 1640. The van der Waals surface area contributed by atoms with E-state index >= 15 is 0 Å². The summed E-state index contributed by atoms with van der Waals surface area (Å²) in [7, 11) is 0. The molecule has 2 nitrogen and oxygen atoms in total. The first kappa shape index (κ1) is 69.2. The molecule has 1 aliphatic heterocycles. The van der Waals surface area contributed by atoms with Crippen LogP contribution in [-0.4, -0.2) is 4.70 Å². The van der Waals surface area contributed by atoms with Gasteiger partial charge in [-0.3, -0.25) is 0 Å². The van der Waals surface area contributed by atoms with Gasteiger partial charge in [-0.25, -0.2) is 4.70 Å². The standard InChI is InChI=1S/C66H112N2.2CH3.Pd/c1-9-17-25-33-34-42-50-64-63(49-41-32-24-16-8)65(59-51-55(43-35-26-18-10-2)61(47-39-30-22-14-6)56(52-59)44-36-27-19-11-3)68(67)66(64)60-53-57(45-37-28-20-12-4)62(48-40-31-23-15-7)58(54-60)46-38-29-21-13-5;;;/h51-54H,9-50H2,1-8H3;2*1H3;/q;2*-1;+2. The molecule has 3 heteroatoms. The summed E-state index contributed by atoms with van der Waals surface area (Å²) in [6.07, 6.45) is 53.1. The number of hydrogen-bond donors (Lipinski definition) is 0. The predicted octanol–water partition coefficient (Wildman–Crippen LogP) is 23.2. The van der Waals surface area contributed by atoms with E-state index < -0.39 is 0 Å². The van der Waals surface area contributed by atoms with Crippen molar-refractivity contribution in [3.8, 4) is 0 Å². The third-order valence-electron chi connectivity index (χ3n) is 15.6. The van der Waals surface area contributed by atoms with Gasteiger partial charge >= 0.3 is 20.4 Å². The fourth-order valence-electron chi connectivity index (χ4n) is 11.4. The molecule has 0 spiro atoms. The van der Waals surface area contributed by atoms with Gasteiger partial charge in [-0.15, -0.1) is 0 Å². The van der Waals surface area contributed by atoms with E-state index in [-0.39, 0.29) is 35.3 Å². The second-order valence-electron chi connectivity index (χ2n) is 21.7. The number of rotatable bonds is 44. The first-order chi connectivity index (χ1) is 33.4. The summed E-state index contributed by atoms with van der Waals surface area (Å²) in [4.78, 5) is 0. The van der Waals surface area contributed by atoms with Gasteiger partial charge in [0.25, 0.3) is 0 Å². The van der Waals surface area contributed by atoms with Gasteiger partial charge in [-0.05, 0) is 160 Å². The average molecular weight is 1070 g/mol. The van der Waals surface area contributed by atoms with Crippen LogP contribution in [-0.2, 0) is 58.9 Å². The number of allylic oxidation sites excluding steroid dienone is 2. The van der Waals surface area contributed by atoms with Crippen LogP contribution in [0.2, 0.25) is 0 Å². The van der Waals surface area contributed by atoms with Gasteiger partial charge in [0, 0.05) is 22.3 Å². The summed E-state index contributed by atoms with van der Waals surface area (Å²) in [6, 6.07) is 10.5. The zero-order valence-corrected chi connectivity index (χ0v) is 50.8. The second-order valence-corrected chi connectivity index (χ2v) is 21.7. The fraction of sp³-hybridized carbons (Fsp3) is 0.735. The molecule has 0 saturated carbocycles. The Morgan fingerprint density at radius 1 is 0.282 bits per heavy atom. The summed E-state index contributed by atoms with van der Waals surface area (Å²) in [5.41, 5.74) is 30.9. The SMILES string of the molecule is CCCCCCCCC1=C(c2cc(CCCCCC)c(CCCCCC)c(CCCCCC)c2)[N+](=[N-])C(c2cc(CCCCCC)c(CCCCCC)c(CCCCCC)c2)=C1CCCCCC.[CH3-].[CH3-].[Pd+2]. The second kappa shape index (κ2) is 44.5. The van der Waals surface area contributed by atoms with E-state index in [1.165, 1.54) is 253 Å². The Balaban J connectivity index is 0.0000163. The van der Waals surface area contributed by atoms with Crippen molar-refractivity contribution in [3.05, 3.63) is 100 Å². The molecule has 0 fully saturated rings. The molecule has 2 aromatic carbocycles. The minimum absolute atomic E-state index is 0. The van der Waals surface area contributed by atoms with Gasteiger partial charge in [0.15, 0.2) is 0 Å². The molecule has 0 radical (unpaired) electrons. The number of benzene rings is 2. The van der Waals surface area contributed by atoms with Crippen LogP contribution < -0.4 is 0 Å². The maximum absolute atomic E-state index is 13.4. The number of aryl methyl sites for hydroxylation is 4. The smallest absolute Gasteiger partial charge is 0.493 e. The quantitative estimate of drug-likeness (QED) is 0.0274. The van der Waals surface area contributed by atoms with E-state index in [0.717, 1.165) is 49.9 Å². The first-order valence-electron chi connectivity index (χ1n) is 30.7. The van der Waals surface area contributed by atoms with Crippen molar-refractivity contribution >= 4 is 11.4 Å². The fourth-order valence-corrected chi connectivity index (χ4v) is 11.4. The first-order valence-corrected chi connectivity index (χ1v) is 30.7. The third-order valence-corrected chi connectivity index (χ3v) is 15.6. The molecule has 0 aliphatic carbocycles. The molecular formula is C68H118N2Pd. The molecule has 71 heavy (non-hydrogen) atoms. The summed E-state index contributed by atoms with van der Waals surface area (Å²) in [6.45, 7) is 18.8. The zero-order chi connectivity index (χ0) is 49.0. The largest absolute Gasteiger partial charge is 2.00 e. The summed E-state index contributed by atoms with van der Waals surface area (Å²) in [5, 5.41) is 0. The Kier molecular flexibility index (Phi) is 43.3. The normalized spacial score (nSPS) is 12.5. The van der Waals surface area contributed by atoms with E-state index in [0.29, 0.717) is 0 Å². The number of unbranched alkanes of at least 4 members (excludes halogenated alkanes) is 26. The van der Waals surface area contributed by atoms with Gasteiger partial charge in [0.05, 0.1) is 0 Å². The minimum atomic E-state index is 0. The predicted molar refractivity (Wildman–Crippen MR) is 317 cm³/mol. The third kappa shape index (κ3) is 25.5. The van der Waals surface area contributed by atoms with Crippen LogP contribution in [0.5, 0.6) is 0 Å². The van der Waals surface area contributed by atoms with Crippen molar-refractivity contribution in [3.63, 3.8) is 0 Å². The Hall–Kier alpha value is -1.82. The minimum Gasteiger partial charge on any atom is -0.493 e. The Labute approximate surface area is 459 Å². The van der Waals surface area contributed by atoms with Crippen molar-refractivity contribution in [2.45, 2.75) is 325 Å². The van der Waals surface area contributed by atoms with Crippen LogP contribution in [0, 0.1) is 14.9 Å². The summed E-state index contributed by atoms with van der Waals surface area (Å²) >= 11 is 0. The maximum atomic E-state index is 13.4. The Morgan fingerprint density at radius 3 is 0.732 bits per heavy atom. The zero-order valence-electron chi connectivity index (χ0n) is 49.2. The molecule has 0 aromatic heterocycles. The van der Waals surface area contributed by atoms with Crippen molar-refractivity contribution in [2.75, 3.05) is 0 Å². The van der Waals surface area contributed by atoms with E-state index in [2.05, 4.69) is 79.7 Å². The van der Waals surface area contributed by atoms with Crippen LogP contribution in [0.4, 0.5) is 0 Å². The van der Waals surface area contributed by atoms with E-state index in [1.54, 1.807) is 38.1 Å². The summed E-state index contributed by atoms with van der Waals surface area (Å²) in [5.74, 6) is 0. The van der Waals surface area contributed by atoms with E-state index in [4.69, 9.17) is 0 Å². The number of hydrogen-bond acceptors (Lipinski definition) is 0. The van der Waals surface area contributed by atoms with Crippen LogP contribution in [0.25, 0.3) is 16.9 Å². The monoisotopic (exact) mass is 1070 g/mol. The van der Waals surface area contributed by atoms with Crippen LogP contribution in [0.15, 0.2) is 35.4 Å². The molecule has 0 unspecified atom stereocenters. The van der Waals surface area contributed by atoms with Crippen molar-refractivity contribution in [1.29, 1.82) is 0 Å². The molecule has 0 saturated heterocycles. The van der Waals surface area contributed by atoms with Crippen molar-refractivity contribution in [1.82, 2.24) is 0 Å². The Morgan fingerprint density at radius 2 is 0.479 bits per heavy atom. The van der Waals surface area contributed by atoms with Crippen LogP contribution >= 0.6 is 0 Å². The topological polar surface area (TPSA) is 25.3 Å².